The maximum absolute atomic E-state index is 13.7. The molecule has 0 aliphatic carbocycles. The molecule has 8 heteroatoms. The summed E-state index contributed by atoms with van der Waals surface area (Å²) in [5, 5.41) is 9.57. The second-order valence-electron chi connectivity index (χ2n) is 7.25. The number of nitrogens with zero attached hydrogens (tertiary/aromatic N) is 3. The monoisotopic (exact) mass is 451 g/mol. The lowest BCUT2D eigenvalue weighted by atomic mass is 10.1. The van der Waals surface area contributed by atoms with E-state index >= 15 is 0 Å². The zero-order valence-electron chi connectivity index (χ0n) is 17.4. The first-order valence-electron chi connectivity index (χ1n) is 9.73. The molecule has 6 nitrogen and oxygen atoms in total. The molecule has 0 spiro atoms. The highest BCUT2D eigenvalue weighted by atomic mass is 35.5. The second-order valence-corrected chi connectivity index (χ2v) is 7.68. The largest absolute Gasteiger partial charge is 0.497 e. The predicted molar refractivity (Wildman–Crippen MR) is 119 cm³/mol. The van der Waals surface area contributed by atoms with E-state index in [0.717, 1.165) is 16.8 Å². The Balaban J connectivity index is 1.81. The van der Waals surface area contributed by atoms with Gasteiger partial charge in [0.05, 0.1) is 31.4 Å². The van der Waals surface area contributed by atoms with Crippen LogP contribution in [0.3, 0.4) is 0 Å². The van der Waals surface area contributed by atoms with Crippen molar-refractivity contribution in [3.63, 3.8) is 0 Å². The van der Waals surface area contributed by atoms with Gasteiger partial charge in [-0.3, -0.25) is 4.79 Å². The van der Waals surface area contributed by atoms with Crippen LogP contribution in [0.15, 0.2) is 59.7 Å². The van der Waals surface area contributed by atoms with Crippen LogP contribution in [-0.2, 0) is 13.0 Å². The molecule has 0 saturated heterocycles. The summed E-state index contributed by atoms with van der Waals surface area (Å²) in [6, 6.07) is 13.3. The third-order valence-electron chi connectivity index (χ3n) is 5.25. The van der Waals surface area contributed by atoms with Crippen molar-refractivity contribution in [1.82, 2.24) is 8.97 Å². The Morgan fingerprint density at radius 2 is 1.91 bits per heavy atom. The van der Waals surface area contributed by atoms with E-state index < -0.39 is 5.82 Å². The minimum atomic E-state index is -0.568. The van der Waals surface area contributed by atoms with Crippen molar-refractivity contribution >= 4 is 17.1 Å². The van der Waals surface area contributed by atoms with Gasteiger partial charge in [0.1, 0.15) is 28.9 Å². The summed E-state index contributed by atoms with van der Waals surface area (Å²) in [7, 11) is 3.13. The van der Waals surface area contributed by atoms with Crippen molar-refractivity contribution < 1.29 is 13.9 Å². The van der Waals surface area contributed by atoms with Gasteiger partial charge in [0.2, 0.25) is 0 Å². The lowest BCUT2D eigenvalue weighted by Crippen LogP contribution is -2.24. The maximum atomic E-state index is 13.7. The van der Waals surface area contributed by atoms with E-state index in [0.29, 0.717) is 28.5 Å². The molecule has 0 aliphatic heterocycles. The summed E-state index contributed by atoms with van der Waals surface area (Å²) < 4.78 is 27.8. The SMILES string of the molecule is COc1ccc(Cn2cc(Cc3ccc(F)c(C#N)c3)n3cc(Cl)cc3c2=O)c(OC)c1. The minimum absolute atomic E-state index is 0.0272. The summed E-state index contributed by atoms with van der Waals surface area (Å²) in [5.74, 6) is 0.683. The third kappa shape index (κ3) is 4.05. The molecular weight excluding hydrogens is 433 g/mol. The standard InChI is InChI=1S/C24H19ClFN3O3/c1-31-20-5-4-16(23(10-20)32-2)12-28-14-19(29-13-18(25)9-22(29)24(28)30)8-15-3-6-21(26)17(7-15)11-27/h3-7,9-10,13-14H,8,12H2,1-2H3. The summed E-state index contributed by atoms with van der Waals surface area (Å²) in [4.78, 5) is 13.1. The molecule has 162 valence electrons. The topological polar surface area (TPSA) is 68.7 Å². The van der Waals surface area contributed by atoms with Gasteiger partial charge < -0.3 is 18.4 Å². The highest BCUT2D eigenvalue weighted by molar-refractivity contribution is 6.31. The molecule has 4 aromatic rings. The van der Waals surface area contributed by atoms with Gasteiger partial charge in [0.15, 0.2) is 0 Å². The lowest BCUT2D eigenvalue weighted by molar-refractivity contribution is 0.390. The Hall–Kier alpha value is -3.76. The molecule has 2 aromatic carbocycles. The number of fused-ring (bicyclic) bond motifs is 1. The number of nitriles is 1. The van der Waals surface area contributed by atoms with Gasteiger partial charge in [-0.25, -0.2) is 4.39 Å². The number of ether oxygens (including phenoxy) is 2. The lowest BCUT2D eigenvalue weighted by Gasteiger charge is -2.15. The van der Waals surface area contributed by atoms with Gasteiger partial charge in [0, 0.05) is 36.1 Å². The molecule has 2 heterocycles. The summed E-state index contributed by atoms with van der Waals surface area (Å²) >= 11 is 6.20. The third-order valence-corrected chi connectivity index (χ3v) is 5.46. The van der Waals surface area contributed by atoms with Gasteiger partial charge >= 0.3 is 0 Å². The minimum Gasteiger partial charge on any atom is -0.497 e. The number of aromatic nitrogens is 2. The number of hydrogen-bond acceptors (Lipinski definition) is 4. The fourth-order valence-electron chi connectivity index (χ4n) is 3.67. The molecule has 0 atom stereocenters. The molecule has 0 fully saturated rings. The van der Waals surface area contributed by atoms with E-state index in [-0.39, 0.29) is 17.7 Å². The van der Waals surface area contributed by atoms with Crippen molar-refractivity contribution in [3.05, 3.63) is 98.4 Å². The van der Waals surface area contributed by atoms with Crippen LogP contribution < -0.4 is 15.0 Å². The first-order chi connectivity index (χ1) is 15.4. The number of benzene rings is 2. The average Bonchev–Trinajstić information content (AvgIpc) is 3.20. The van der Waals surface area contributed by atoms with Gasteiger partial charge in [-0.1, -0.05) is 17.7 Å². The first-order valence-corrected chi connectivity index (χ1v) is 10.1. The summed E-state index contributed by atoms with van der Waals surface area (Å²) in [6.07, 6.45) is 3.78. The van der Waals surface area contributed by atoms with Crippen LogP contribution in [0.1, 0.15) is 22.4 Å². The quantitative estimate of drug-likeness (QED) is 0.435. The Morgan fingerprint density at radius 3 is 2.62 bits per heavy atom. The van der Waals surface area contributed by atoms with Crippen LogP contribution in [0, 0.1) is 17.1 Å². The summed E-state index contributed by atoms with van der Waals surface area (Å²) in [5.41, 5.74) is 2.48. The normalized spacial score (nSPS) is 10.8. The molecule has 0 radical (unpaired) electrons. The summed E-state index contributed by atoms with van der Waals surface area (Å²) in [6.45, 7) is 0.269. The van der Waals surface area contributed by atoms with Crippen LogP contribution >= 0.6 is 11.6 Å². The fourth-order valence-corrected chi connectivity index (χ4v) is 3.87. The van der Waals surface area contributed by atoms with Crippen molar-refractivity contribution in [2.24, 2.45) is 0 Å². The zero-order valence-corrected chi connectivity index (χ0v) is 18.2. The van der Waals surface area contributed by atoms with E-state index in [9.17, 15) is 9.18 Å². The van der Waals surface area contributed by atoms with E-state index in [4.69, 9.17) is 26.3 Å². The Kier molecular flexibility index (Phi) is 5.89. The van der Waals surface area contributed by atoms with Crippen molar-refractivity contribution in [3.8, 4) is 17.6 Å². The molecule has 2 aromatic heterocycles. The second kappa shape index (κ2) is 8.77. The number of hydrogen-bond donors (Lipinski definition) is 0. The van der Waals surface area contributed by atoms with Crippen LogP contribution in [0.2, 0.25) is 5.02 Å². The maximum Gasteiger partial charge on any atom is 0.275 e. The van der Waals surface area contributed by atoms with E-state index in [1.165, 1.54) is 12.1 Å². The molecule has 0 bridgehead atoms. The highest BCUT2D eigenvalue weighted by Gasteiger charge is 2.14. The van der Waals surface area contributed by atoms with Gasteiger partial charge in [0.25, 0.3) is 5.56 Å². The van der Waals surface area contributed by atoms with E-state index in [2.05, 4.69) is 0 Å². The average molecular weight is 452 g/mol. The predicted octanol–water partition coefficient (Wildman–Crippen LogP) is 4.42. The molecule has 0 saturated carbocycles. The van der Waals surface area contributed by atoms with Crippen LogP contribution in [-0.4, -0.2) is 23.2 Å². The van der Waals surface area contributed by atoms with Crippen molar-refractivity contribution in [1.29, 1.82) is 5.26 Å². The molecule has 4 rings (SSSR count). The fraction of sp³-hybridized carbons (Fsp3) is 0.167. The van der Waals surface area contributed by atoms with E-state index in [1.54, 1.807) is 59.8 Å². The van der Waals surface area contributed by atoms with Gasteiger partial charge in [-0.15, -0.1) is 0 Å². The van der Waals surface area contributed by atoms with Crippen LogP contribution in [0.25, 0.3) is 5.52 Å². The smallest absolute Gasteiger partial charge is 0.275 e. The molecule has 0 unspecified atom stereocenters. The van der Waals surface area contributed by atoms with Crippen molar-refractivity contribution in [2.45, 2.75) is 13.0 Å². The van der Waals surface area contributed by atoms with Gasteiger partial charge in [-0.05, 0) is 35.9 Å². The highest BCUT2D eigenvalue weighted by Crippen LogP contribution is 2.26. The first kappa shape index (κ1) is 21.5. The van der Waals surface area contributed by atoms with Crippen molar-refractivity contribution in [2.75, 3.05) is 14.2 Å². The van der Waals surface area contributed by atoms with E-state index in [1.807, 2.05) is 12.1 Å². The zero-order chi connectivity index (χ0) is 22.8. The van der Waals surface area contributed by atoms with Crippen LogP contribution in [0.4, 0.5) is 4.39 Å². The molecule has 0 aliphatic rings. The molecule has 0 amide bonds. The Labute approximate surface area is 188 Å². The molecule has 0 N–H and O–H groups in total. The number of methoxy groups -OCH3 is 2. The van der Waals surface area contributed by atoms with Crippen LogP contribution in [0.5, 0.6) is 11.5 Å². The Bertz CT molecular complexity index is 1420. The molecular formula is C24H19ClFN3O3. The molecule has 32 heavy (non-hydrogen) atoms. The Morgan fingerprint density at radius 1 is 1.09 bits per heavy atom. The van der Waals surface area contributed by atoms with Gasteiger partial charge in [-0.2, -0.15) is 5.26 Å². The number of halogens is 2. The number of rotatable bonds is 6.